The van der Waals surface area contributed by atoms with Gasteiger partial charge in [0.1, 0.15) is 10.7 Å². The maximum atomic E-state index is 13.7. The fraction of sp³-hybridized carbons (Fsp3) is 0.500. The van der Waals surface area contributed by atoms with Gasteiger partial charge in [-0.2, -0.15) is 4.31 Å². The van der Waals surface area contributed by atoms with Crippen molar-refractivity contribution in [1.82, 2.24) is 4.31 Å². The molecule has 0 spiro atoms. The number of hydrogen-bond acceptors (Lipinski definition) is 3. The van der Waals surface area contributed by atoms with E-state index in [2.05, 4.69) is 0 Å². The lowest BCUT2D eigenvalue weighted by Crippen LogP contribution is -2.48. The summed E-state index contributed by atoms with van der Waals surface area (Å²) >= 11 is 5.80. The van der Waals surface area contributed by atoms with E-state index in [0.29, 0.717) is 12.8 Å². The normalized spacial score (nSPS) is 25.5. The Morgan fingerprint density at radius 1 is 1.47 bits per heavy atom. The number of β-amino-alcohol motifs (C(OH)–C–C–N with tert-alkyl or cyclic N) is 1. The number of benzene rings is 1. The Bertz CT molecular complexity index is 568. The Balaban J connectivity index is 2.43. The van der Waals surface area contributed by atoms with Crippen LogP contribution in [0.3, 0.4) is 0 Å². The summed E-state index contributed by atoms with van der Waals surface area (Å²) < 4.78 is 39.6. The lowest BCUT2D eigenvalue weighted by atomic mass is 9.97. The highest BCUT2D eigenvalue weighted by Gasteiger charge is 2.37. The van der Waals surface area contributed by atoms with Gasteiger partial charge in [0, 0.05) is 13.1 Å². The van der Waals surface area contributed by atoms with Gasteiger partial charge in [0.05, 0.1) is 10.6 Å². The third-order valence-corrected chi connectivity index (χ3v) is 5.51. The highest BCUT2D eigenvalue weighted by atomic mass is 35.5. The quantitative estimate of drug-likeness (QED) is 0.909. The third-order valence-electron chi connectivity index (χ3n) is 3.16. The van der Waals surface area contributed by atoms with Crippen LogP contribution >= 0.6 is 11.6 Å². The van der Waals surface area contributed by atoms with E-state index >= 15 is 0 Å². The second-order valence-electron chi connectivity index (χ2n) is 4.99. The van der Waals surface area contributed by atoms with Gasteiger partial charge >= 0.3 is 0 Å². The second kappa shape index (κ2) is 5.01. The van der Waals surface area contributed by atoms with Gasteiger partial charge in [0.2, 0.25) is 10.0 Å². The highest BCUT2D eigenvalue weighted by molar-refractivity contribution is 7.89. The molecular weight excluding hydrogens is 293 g/mol. The minimum atomic E-state index is -4.03. The molecule has 1 heterocycles. The molecule has 1 saturated heterocycles. The number of sulfonamides is 1. The maximum absolute atomic E-state index is 13.7. The lowest BCUT2D eigenvalue weighted by Gasteiger charge is -2.36. The van der Waals surface area contributed by atoms with Gasteiger partial charge in [-0.25, -0.2) is 12.8 Å². The van der Waals surface area contributed by atoms with Crippen LogP contribution in [0.15, 0.2) is 23.1 Å². The highest BCUT2D eigenvalue weighted by Crippen LogP contribution is 2.31. The van der Waals surface area contributed by atoms with Gasteiger partial charge in [0.25, 0.3) is 0 Å². The molecule has 19 heavy (non-hydrogen) atoms. The van der Waals surface area contributed by atoms with E-state index in [9.17, 15) is 17.9 Å². The summed E-state index contributed by atoms with van der Waals surface area (Å²) in [6.45, 7) is 1.76. The molecule has 4 nitrogen and oxygen atoms in total. The Labute approximate surface area is 116 Å². The second-order valence-corrected chi connectivity index (χ2v) is 7.27. The summed E-state index contributed by atoms with van der Waals surface area (Å²) in [6, 6.07) is 3.74. The molecule has 0 unspecified atom stereocenters. The van der Waals surface area contributed by atoms with E-state index < -0.39 is 26.3 Å². The zero-order valence-electron chi connectivity index (χ0n) is 10.4. The van der Waals surface area contributed by atoms with E-state index in [-0.39, 0.29) is 18.1 Å². The molecule has 0 radical (unpaired) electrons. The van der Waals surface area contributed by atoms with Crippen LogP contribution in [0.1, 0.15) is 19.8 Å². The Morgan fingerprint density at radius 2 is 2.16 bits per heavy atom. The monoisotopic (exact) mass is 307 g/mol. The Morgan fingerprint density at radius 3 is 2.74 bits per heavy atom. The maximum Gasteiger partial charge on any atom is 0.247 e. The molecule has 1 fully saturated rings. The molecule has 1 aliphatic rings. The molecule has 0 amide bonds. The number of halogens is 2. The van der Waals surface area contributed by atoms with Crippen molar-refractivity contribution >= 4 is 21.6 Å². The average Bonchev–Trinajstić information content (AvgIpc) is 2.27. The number of nitrogens with zero attached hydrogens (tertiary/aromatic N) is 1. The first-order chi connectivity index (χ1) is 8.74. The molecular formula is C12H15ClFNO3S. The van der Waals surface area contributed by atoms with E-state index in [1.807, 2.05) is 0 Å². The predicted octanol–water partition coefficient (Wildman–Crippen LogP) is 2.01. The lowest BCUT2D eigenvalue weighted by molar-refractivity contribution is 0.00934. The smallest absolute Gasteiger partial charge is 0.247 e. The first kappa shape index (κ1) is 14.7. The number of hydrogen-bond donors (Lipinski definition) is 1. The van der Waals surface area contributed by atoms with Crippen molar-refractivity contribution in [2.75, 3.05) is 13.1 Å². The molecule has 1 N–H and O–H groups in total. The van der Waals surface area contributed by atoms with Gasteiger partial charge in [-0.05, 0) is 31.9 Å². The Kier molecular flexibility index (Phi) is 3.88. The summed E-state index contributed by atoms with van der Waals surface area (Å²) in [6.07, 6.45) is 1.04. The van der Waals surface area contributed by atoms with Crippen LogP contribution in [0.5, 0.6) is 0 Å². The van der Waals surface area contributed by atoms with Crippen LogP contribution < -0.4 is 0 Å². The van der Waals surface area contributed by atoms with Crippen molar-refractivity contribution in [3.05, 3.63) is 29.0 Å². The van der Waals surface area contributed by atoms with Crippen molar-refractivity contribution < 1.29 is 17.9 Å². The van der Waals surface area contributed by atoms with Gasteiger partial charge < -0.3 is 5.11 Å². The molecule has 0 bridgehead atoms. The molecule has 1 aliphatic heterocycles. The summed E-state index contributed by atoms with van der Waals surface area (Å²) in [5, 5.41) is 9.81. The van der Waals surface area contributed by atoms with Crippen LogP contribution in [0.25, 0.3) is 0 Å². The topological polar surface area (TPSA) is 57.6 Å². The van der Waals surface area contributed by atoms with Crippen molar-refractivity contribution in [1.29, 1.82) is 0 Å². The van der Waals surface area contributed by atoms with Crippen molar-refractivity contribution in [3.63, 3.8) is 0 Å². The van der Waals surface area contributed by atoms with E-state index in [1.54, 1.807) is 6.92 Å². The summed E-state index contributed by atoms with van der Waals surface area (Å²) in [5.41, 5.74) is -1.09. The SMILES string of the molecule is C[C@]1(O)CCCN(S(=O)(=O)c2c(F)cccc2Cl)C1. The standard InChI is InChI=1S/C12H15ClFNO3S/c1-12(16)6-3-7-15(8-12)19(17,18)11-9(13)4-2-5-10(11)14/h2,4-5,16H,3,6-8H2,1H3/t12-/m0/s1. The number of piperidine rings is 1. The Hall–Kier alpha value is -0.690. The van der Waals surface area contributed by atoms with E-state index in [1.165, 1.54) is 12.1 Å². The van der Waals surface area contributed by atoms with Gasteiger partial charge in [-0.3, -0.25) is 0 Å². The molecule has 0 saturated carbocycles. The predicted molar refractivity (Wildman–Crippen MR) is 70.0 cm³/mol. The molecule has 1 atom stereocenters. The largest absolute Gasteiger partial charge is 0.389 e. The zero-order valence-corrected chi connectivity index (χ0v) is 12.0. The van der Waals surface area contributed by atoms with Crippen LogP contribution in [0.4, 0.5) is 4.39 Å². The molecule has 1 aromatic rings. The van der Waals surface area contributed by atoms with E-state index in [0.717, 1.165) is 10.4 Å². The minimum absolute atomic E-state index is 0.0556. The van der Waals surface area contributed by atoms with Crippen LogP contribution in [0.2, 0.25) is 5.02 Å². The fourth-order valence-electron chi connectivity index (χ4n) is 2.24. The molecule has 7 heteroatoms. The first-order valence-electron chi connectivity index (χ1n) is 5.91. The van der Waals surface area contributed by atoms with Crippen molar-refractivity contribution in [3.8, 4) is 0 Å². The minimum Gasteiger partial charge on any atom is -0.389 e. The van der Waals surface area contributed by atoms with Crippen LogP contribution in [-0.2, 0) is 10.0 Å². The average molecular weight is 308 g/mol. The molecule has 2 rings (SSSR count). The van der Waals surface area contributed by atoms with Crippen LogP contribution in [-0.4, -0.2) is 36.5 Å². The molecule has 106 valence electrons. The number of rotatable bonds is 2. The summed E-state index contributed by atoms with van der Waals surface area (Å²) in [5.74, 6) is -0.877. The molecule has 0 aliphatic carbocycles. The first-order valence-corrected chi connectivity index (χ1v) is 7.72. The summed E-state index contributed by atoms with van der Waals surface area (Å²) in [7, 11) is -4.03. The van der Waals surface area contributed by atoms with Gasteiger partial charge in [0.15, 0.2) is 0 Å². The summed E-state index contributed by atoms with van der Waals surface area (Å²) in [4.78, 5) is -0.519. The molecule has 1 aromatic carbocycles. The fourth-order valence-corrected chi connectivity index (χ4v) is 4.40. The van der Waals surface area contributed by atoms with E-state index in [4.69, 9.17) is 11.6 Å². The zero-order chi connectivity index (χ0) is 14.3. The molecule has 0 aromatic heterocycles. The van der Waals surface area contributed by atoms with Gasteiger partial charge in [-0.15, -0.1) is 0 Å². The third kappa shape index (κ3) is 2.91. The number of aliphatic hydroxyl groups is 1. The van der Waals surface area contributed by atoms with Crippen molar-refractivity contribution in [2.24, 2.45) is 0 Å². The van der Waals surface area contributed by atoms with Crippen LogP contribution in [0, 0.1) is 5.82 Å². The van der Waals surface area contributed by atoms with Crippen molar-refractivity contribution in [2.45, 2.75) is 30.3 Å². The van der Waals surface area contributed by atoms with Gasteiger partial charge in [-0.1, -0.05) is 17.7 Å².